The molecule has 25 heteroatoms. The molecule has 0 spiro atoms. The zero-order valence-corrected chi connectivity index (χ0v) is 56.6. The van der Waals surface area contributed by atoms with Crippen LogP contribution in [0.25, 0.3) is 43.9 Å². The van der Waals surface area contributed by atoms with Crippen LogP contribution < -0.4 is 78.4 Å². The minimum Gasteiger partial charge on any atom is -0.497 e. The summed E-state index contributed by atoms with van der Waals surface area (Å²) in [5.41, 5.74) is 5.06. The molecule has 2 aliphatic rings. The summed E-state index contributed by atoms with van der Waals surface area (Å²) in [6, 6.07) is 21.1. The van der Waals surface area contributed by atoms with Crippen LogP contribution in [-0.2, 0) is 44.9 Å². The SMILES string of the molecule is CCN(CC)c1ccc2cc(C(=O)NC[C@H](NC)C(C)=O)c(=O)oc2c1.CN[C@@H](CNC(=O)c1cc2cc3c4c(c2oc1=O)CCCN4CCC3)C(C)=O.CN[C@@H](Cc1cc2cc(OC)c(OC)cc2oc1=O)C(C)=O.CN[C@@H](Cc1cc2ccc(OC)cc2oc1=O)C(C)=O. The van der Waals surface area contributed by atoms with E-state index in [1.54, 1.807) is 83.8 Å². The van der Waals surface area contributed by atoms with Crippen molar-refractivity contribution in [3.05, 3.63) is 154 Å². The Morgan fingerprint density at radius 1 is 0.500 bits per heavy atom. The van der Waals surface area contributed by atoms with E-state index in [9.17, 15) is 47.9 Å². The van der Waals surface area contributed by atoms with Crippen molar-refractivity contribution in [3.63, 3.8) is 0 Å². The zero-order chi connectivity index (χ0) is 70.1. The van der Waals surface area contributed by atoms with Gasteiger partial charge in [0.15, 0.2) is 11.5 Å². The molecule has 6 N–H and O–H groups in total. The Morgan fingerprint density at radius 2 is 0.958 bits per heavy atom. The van der Waals surface area contributed by atoms with E-state index in [4.69, 9.17) is 31.9 Å². The minimum absolute atomic E-state index is 0.0123. The van der Waals surface area contributed by atoms with E-state index in [0.717, 1.165) is 73.9 Å². The van der Waals surface area contributed by atoms with Crippen LogP contribution in [0, 0.1) is 0 Å². The Labute approximate surface area is 554 Å². The van der Waals surface area contributed by atoms with Crippen LogP contribution in [0.15, 0.2) is 116 Å². The number of carbonyl (C=O) groups is 6. The molecule has 2 aliphatic heterocycles. The maximum atomic E-state index is 12.5. The molecule has 4 atom stereocenters. The van der Waals surface area contributed by atoms with Gasteiger partial charge in [-0.1, -0.05) is 0 Å². The molecule has 4 aromatic heterocycles. The van der Waals surface area contributed by atoms with Gasteiger partial charge >= 0.3 is 22.5 Å². The summed E-state index contributed by atoms with van der Waals surface area (Å²) in [7, 11) is 11.3. The molecule has 0 radical (unpaired) electrons. The van der Waals surface area contributed by atoms with Crippen molar-refractivity contribution in [1.82, 2.24) is 31.9 Å². The molecule has 0 bridgehead atoms. The Morgan fingerprint density at radius 3 is 1.47 bits per heavy atom. The number of fused-ring (bicyclic) bond motifs is 5. The number of likely N-dealkylation sites (N-methyl/N-ethyl adjacent to an activating group) is 4. The maximum Gasteiger partial charge on any atom is 0.349 e. The largest absolute Gasteiger partial charge is 0.497 e. The van der Waals surface area contributed by atoms with E-state index >= 15 is 0 Å². The number of benzene rings is 4. The Balaban J connectivity index is 0.000000182. The summed E-state index contributed by atoms with van der Waals surface area (Å²) in [5, 5.41) is 19.7. The highest BCUT2D eigenvalue weighted by Gasteiger charge is 2.29. The van der Waals surface area contributed by atoms with Gasteiger partial charge in [0.1, 0.15) is 62.3 Å². The first-order valence-corrected chi connectivity index (χ1v) is 31.7. The molecule has 25 nitrogen and oxygen atoms in total. The number of aryl methyl sites for hydroxylation is 2. The molecule has 96 heavy (non-hydrogen) atoms. The number of carbonyl (C=O) groups excluding carboxylic acids is 6. The molecule has 0 fully saturated rings. The van der Waals surface area contributed by atoms with E-state index in [2.05, 4.69) is 61.6 Å². The number of ketones is 4. The second-order valence-corrected chi connectivity index (χ2v) is 23.2. The van der Waals surface area contributed by atoms with Crippen molar-refractivity contribution >= 4 is 90.2 Å². The van der Waals surface area contributed by atoms with Crippen molar-refractivity contribution in [1.29, 1.82) is 0 Å². The molecule has 6 heterocycles. The van der Waals surface area contributed by atoms with E-state index < -0.39 is 52.4 Å². The van der Waals surface area contributed by atoms with Crippen LogP contribution in [0.5, 0.6) is 17.2 Å². The first-order valence-electron chi connectivity index (χ1n) is 31.7. The fourth-order valence-electron chi connectivity index (χ4n) is 11.5. The lowest BCUT2D eigenvalue weighted by Gasteiger charge is -2.37. The van der Waals surface area contributed by atoms with E-state index in [-0.39, 0.29) is 59.8 Å². The number of Topliss-reactive ketones (excluding diaryl/α,β-unsaturated/α-hetero) is 4. The van der Waals surface area contributed by atoms with Gasteiger partial charge in [0.25, 0.3) is 11.8 Å². The fourth-order valence-corrected chi connectivity index (χ4v) is 11.5. The lowest BCUT2D eigenvalue weighted by atomic mass is 9.90. The highest BCUT2D eigenvalue weighted by atomic mass is 16.5. The van der Waals surface area contributed by atoms with Crippen molar-refractivity contribution in [2.75, 3.05) is 98.6 Å². The number of ether oxygens (including phenoxy) is 3. The molecule has 8 aromatic rings. The second-order valence-electron chi connectivity index (χ2n) is 23.2. The Bertz CT molecular complexity index is 4410. The van der Waals surface area contributed by atoms with Crippen LogP contribution in [-0.4, -0.2) is 148 Å². The highest BCUT2D eigenvalue weighted by Crippen LogP contribution is 2.40. The molecule has 4 aromatic carbocycles. The third-order valence-electron chi connectivity index (χ3n) is 17.0. The number of methoxy groups -OCH3 is 3. The van der Waals surface area contributed by atoms with E-state index in [1.165, 1.54) is 59.2 Å². The molecule has 2 amide bonds. The maximum absolute atomic E-state index is 12.5. The smallest absolute Gasteiger partial charge is 0.349 e. The van der Waals surface area contributed by atoms with Gasteiger partial charge in [-0.05, 0) is 162 Å². The van der Waals surface area contributed by atoms with Crippen molar-refractivity contribution < 1.29 is 60.6 Å². The van der Waals surface area contributed by atoms with Gasteiger partial charge in [0, 0.05) is 120 Å². The van der Waals surface area contributed by atoms with Crippen LogP contribution in [0.4, 0.5) is 11.4 Å². The number of nitrogens with one attached hydrogen (secondary N) is 6. The Hall–Kier alpha value is -9.82. The zero-order valence-electron chi connectivity index (χ0n) is 56.6. The predicted octanol–water partition coefficient (Wildman–Crippen LogP) is 6.00. The third kappa shape index (κ3) is 17.9. The van der Waals surface area contributed by atoms with Crippen molar-refractivity contribution in [3.8, 4) is 17.2 Å². The first-order chi connectivity index (χ1) is 45.9. The second kappa shape index (κ2) is 34.0. The average molecular weight is 1320 g/mol. The molecule has 0 saturated carbocycles. The van der Waals surface area contributed by atoms with Crippen molar-refractivity contribution in [2.24, 2.45) is 0 Å². The first kappa shape index (κ1) is 73.6. The highest BCUT2D eigenvalue weighted by molar-refractivity contribution is 5.99. The number of hydrogen-bond donors (Lipinski definition) is 6. The number of rotatable bonds is 24. The molecular formula is C71H86N8O17. The van der Waals surface area contributed by atoms with Gasteiger partial charge in [-0.2, -0.15) is 0 Å². The van der Waals surface area contributed by atoms with E-state index in [0.29, 0.717) is 67.9 Å². The van der Waals surface area contributed by atoms with E-state index in [1.807, 2.05) is 18.2 Å². The summed E-state index contributed by atoms with van der Waals surface area (Å²) >= 11 is 0. The van der Waals surface area contributed by atoms with Gasteiger partial charge in [-0.25, -0.2) is 19.2 Å². The number of anilines is 2. The molecule has 10 rings (SSSR count). The predicted molar refractivity (Wildman–Crippen MR) is 368 cm³/mol. The Kier molecular flexibility index (Phi) is 26.1. The number of nitrogens with zero attached hydrogens (tertiary/aromatic N) is 2. The minimum atomic E-state index is -0.699. The van der Waals surface area contributed by atoms with Crippen LogP contribution in [0.3, 0.4) is 0 Å². The fraction of sp³-hybridized carbons (Fsp3) is 0.408. The summed E-state index contributed by atoms with van der Waals surface area (Å²) in [5.74, 6) is 0.363. The third-order valence-corrected chi connectivity index (χ3v) is 17.0. The van der Waals surface area contributed by atoms with Crippen LogP contribution >= 0.6 is 0 Å². The lowest BCUT2D eigenvalue weighted by Crippen LogP contribution is -2.44. The summed E-state index contributed by atoms with van der Waals surface area (Å²) in [6.45, 7) is 14.0. The van der Waals surface area contributed by atoms with Gasteiger partial charge in [0.2, 0.25) is 0 Å². The summed E-state index contributed by atoms with van der Waals surface area (Å²) < 4.78 is 37.1. The number of amides is 2. The monoisotopic (exact) mass is 1320 g/mol. The normalized spacial score (nSPS) is 13.4. The molecule has 0 unspecified atom stereocenters. The van der Waals surface area contributed by atoms with Crippen LogP contribution in [0.2, 0.25) is 0 Å². The summed E-state index contributed by atoms with van der Waals surface area (Å²) in [4.78, 5) is 124. The molecular weight excluding hydrogens is 1240 g/mol. The molecule has 0 aliphatic carbocycles. The lowest BCUT2D eigenvalue weighted by molar-refractivity contribution is -0.119. The molecule has 0 saturated heterocycles. The average Bonchev–Trinajstić information content (AvgIpc) is 0.749. The molecule has 512 valence electrons. The van der Waals surface area contributed by atoms with Gasteiger partial charge in [-0.15, -0.1) is 0 Å². The van der Waals surface area contributed by atoms with Crippen molar-refractivity contribution in [2.45, 2.75) is 104 Å². The summed E-state index contributed by atoms with van der Waals surface area (Å²) in [6.07, 6.45) is 4.62. The quantitative estimate of drug-likeness (QED) is 0.0378. The van der Waals surface area contributed by atoms with Gasteiger partial charge in [0.05, 0.1) is 45.5 Å². The van der Waals surface area contributed by atoms with Gasteiger partial charge in [-0.3, -0.25) is 28.8 Å². The van der Waals surface area contributed by atoms with Gasteiger partial charge < -0.3 is 73.6 Å². The number of hydrogen-bond acceptors (Lipinski definition) is 23. The van der Waals surface area contributed by atoms with Crippen LogP contribution in [0.1, 0.15) is 97.4 Å². The topological polar surface area (TPSA) is 330 Å². The standard InChI is InChI=1S/C21H25N3O4.C19H25N3O4.C16H19NO5.C15H17NO4/c1-12(25)17(22-2)11-23-20(26)16-10-14-9-13-5-3-7-24-8-4-6-15(18(13)24)19(14)28-21(16)27;1-5-22(6-2)14-8-7-13-9-15(19(25)26-17(13)10-14)18(24)21-11-16(20-4)12(3)23;1-9(18)12(17-2)6-11-5-10-7-14(20-3)15(21-4)8-13(10)22-16(11)19;1-9(17)13(16-2)7-11-6-10-4-5-12(19-3)8-14(10)20-15(11)18/h9-10,17,22H,3-8,11H2,1-2H3,(H,23,26);7-10,16,20H,5-6,11H2,1-4H3,(H,21,24);5,7-8,12,17H,6H2,1-4H3;4-6,8,13,16H,7H2,1-3H3/t17-;16-;12-;13-/m0000/s1.